The summed E-state index contributed by atoms with van der Waals surface area (Å²) in [6.45, 7) is 0.561. The number of likely N-dealkylation sites (N-methyl/N-ethyl adjacent to an activating group) is 1. The Bertz CT molecular complexity index is 1160. The number of halogens is 2. The van der Waals surface area contributed by atoms with Gasteiger partial charge in [-0.05, 0) is 38.2 Å². The van der Waals surface area contributed by atoms with Gasteiger partial charge in [-0.25, -0.2) is 0 Å². The van der Waals surface area contributed by atoms with Crippen molar-refractivity contribution in [3.63, 3.8) is 0 Å². The summed E-state index contributed by atoms with van der Waals surface area (Å²) in [7, 11) is 1.87. The Balaban J connectivity index is 0.00000256. The number of likely N-dealkylation sites (tertiary alicyclic amines) is 1. The number of aromatic hydroxyl groups is 3. The van der Waals surface area contributed by atoms with E-state index in [1.54, 1.807) is 0 Å². The van der Waals surface area contributed by atoms with Gasteiger partial charge in [0, 0.05) is 35.2 Å². The lowest BCUT2D eigenvalue weighted by atomic mass is 9.89. The van der Waals surface area contributed by atoms with Crippen molar-refractivity contribution in [2.75, 3.05) is 20.2 Å². The first kappa shape index (κ1) is 22.2. The summed E-state index contributed by atoms with van der Waals surface area (Å²) in [6.07, 6.45) is 0.635. The van der Waals surface area contributed by atoms with Gasteiger partial charge in [0.15, 0.2) is 5.43 Å². The van der Waals surface area contributed by atoms with E-state index >= 15 is 0 Å². The van der Waals surface area contributed by atoms with Crippen LogP contribution in [-0.2, 0) is 0 Å². The highest BCUT2D eigenvalue weighted by atomic mass is 35.5. The number of aliphatic hydroxyl groups is 1. The number of rotatable bonds is 3. The number of hydrogen-bond donors (Lipinski definition) is 4. The molecule has 3 aromatic rings. The molecule has 0 radical (unpaired) electrons. The van der Waals surface area contributed by atoms with Gasteiger partial charge in [-0.15, -0.1) is 12.4 Å². The molecule has 2 unspecified atom stereocenters. The highest BCUT2D eigenvalue weighted by Crippen LogP contribution is 2.44. The Morgan fingerprint density at radius 1 is 1.17 bits per heavy atom. The maximum Gasteiger partial charge on any atom is 0.197 e. The predicted octanol–water partition coefficient (Wildman–Crippen LogP) is 3.43. The number of fused-ring (bicyclic) bond motifs is 1. The molecule has 2 aromatic carbocycles. The van der Waals surface area contributed by atoms with E-state index in [0.717, 1.165) is 6.07 Å². The van der Waals surface area contributed by atoms with Crippen LogP contribution in [0.3, 0.4) is 0 Å². The van der Waals surface area contributed by atoms with E-state index in [1.807, 2.05) is 11.9 Å². The Kier molecular flexibility index (Phi) is 6.19. The molecule has 0 amide bonds. The minimum Gasteiger partial charge on any atom is -0.508 e. The number of aliphatic hydroxyl groups excluding tert-OH is 1. The van der Waals surface area contributed by atoms with Crippen LogP contribution in [-0.4, -0.2) is 51.6 Å². The van der Waals surface area contributed by atoms with Gasteiger partial charge < -0.3 is 29.7 Å². The summed E-state index contributed by atoms with van der Waals surface area (Å²) in [5.41, 5.74) is 0.201. The van der Waals surface area contributed by atoms with Crippen molar-refractivity contribution in [2.24, 2.45) is 0 Å². The second-order valence-corrected chi connectivity index (χ2v) is 7.70. The van der Waals surface area contributed by atoms with E-state index < -0.39 is 11.2 Å². The summed E-state index contributed by atoms with van der Waals surface area (Å²) in [4.78, 5) is 14.8. The van der Waals surface area contributed by atoms with Gasteiger partial charge in [-0.1, -0.05) is 11.6 Å². The summed E-state index contributed by atoms with van der Waals surface area (Å²) in [6, 6.07) is 6.30. The standard InChI is InChI=1S/C21H20ClNO6.ClH/c1-23-5-4-11(14(23)9-24)19-15(26)7-16(27)20-17(28)8-18(29-21(19)20)12-6-10(25)2-3-13(12)22;/h2-3,6-8,11,14,24-27H,4-5,9H2,1H3;1H. The number of benzene rings is 2. The maximum atomic E-state index is 12.8. The third-order valence-corrected chi connectivity index (χ3v) is 5.92. The Morgan fingerprint density at radius 3 is 2.60 bits per heavy atom. The fourth-order valence-corrected chi connectivity index (χ4v) is 4.34. The van der Waals surface area contributed by atoms with E-state index in [1.165, 1.54) is 24.3 Å². The quantitative estimate of drug-likeness (QED) is 0.480. The Morgan fingerprint density at radius 2 is 1.90 bits per heavy atom. The van der Waals surface area contributed by atoms with Gasteiger partial charge in [0.2, 0.25) is 0 Å². The monoisotopic (exact) mass is 453 g/mol. The zero-order chi connectivity index (χ0) is 20.9. The van der Waals surface area contributed by atoms with Crippen molar-refractivity contribution >= 4 is 35.0 Å². The molecule has 7 nitrogen and oxygen atoms in total. The van der Waals surface area contributed by atoms with Crippen molar-refractivity contribution in [1.29, 1.82) is 0 Å². The van der Waals surface area contributed by atoms with Crippen LogP contribution < -0.4 is 5.43 Å². The Labute approximate surface area is 183 Å². The molecule has 2 heterocycles. The lowest BCUT2D eigenvalue weighted by molar-refractivity contribution is 0.172. The third kappa shape index (κ3) is 3.58. The first-order chi connectivity index (χ1) is 13.8. The van der Waals surface area contributed by atoms with Crippen molar-refractivity contribution in [1.82, 2.24) is 4.90 Å². The molecule has 0 bridgehead atoms. The highest BCUT2D eigenvalue weighted by Gasteiger charge is 2.36. The molecule has 160 valence electrons. The molecular formula is C21H21Cl2NO6. The highest BCUT2D eigenvalue weighted by molar-refractivity contribution is 6.33. The van der Waals surface area contributed by atoms with Gasteiger partial charge in [-0.2, -0.15) is 0 Å². The molecule has 1 aliphatic rings. The van der Waals surface area contributed by atoms with Gasteiger partial charge in [0.05, 0.1) is 11.6 Å². The van der Waals surface area contributed by atoms with Crippen LogP contribution in [0.5, 0.6) is 17.2 Å². The van der Waals surface area contributed by atoms with Gasteiger partial charge in [0.1, 0.15) is 34.0 Å². The summed E-state index contributed by atoms with van der Waals surface area (Å²) in [5, 5.41) is 40.7. The normalized spacial score (nSPS) is 19.2. The van der Waals surface area contributed by atoms with Crippen LogP contribution in [0.2, 0.25) is 5.02 Å². The molecule has 1 aromatic heterocycles. The lowest BCUT2D eigenvalue weighted by Crippen LogP contribution is -2.32. The molecule has 4 N–H and O–H groups in total. The van der Waals surface area contributed by atoms with E-state index in [4.69, 9.17) is 16.0 Å². The largest absolute Gasteiger partial charge is 0.508 e. The first-order valence-electron chi connectivity index (χ1n) is 9.14. The molecule has 1 saturated heterocycles. The third-order valence-electron chi connectivity index (χ3n) is 5.59. The predicted molar refractivity (Wildman–Crippen MR) is 116 cm³/mol. The van der Waals surface area contributed by atoms with E-state index in [-0.39, 0.29) is 64.2 Å². The SMILES string of the molecule is CN1CCC(c2c(O)cc(O)c3c(=O)cc(-c4cc(O)ccc4Cl)oc23)C1CO.Cl. The van der Waals surface area contributed by atoms with Crippen LogP contribution in [0.25, 0.3) is 22.3 Å². The number of nitrogens with zero attached hydrogens (tertiary/aromatic N) is 1. The summed E-state index contributed by atoms with van der Waals surface area (Å²) < 4.78 is 5.98. The fraction of sp³-hybridized carbons (Fsp3) is 0.286. The van der Waals surface area contributed by atoms with Crippen LogP contribution in [0.15, 0.2) is 39.5 Å². The van der Waals surface area contributed by atoms with Crippen LogP contribution in [0, 0.1) is 0 Å². The smallest absolute Gasteiger partial charge is 0.197 e. The van der Waals surface area contributed by atoms with Crippen LogP contribution >= 0.6 is 24.0 Å². The van der Waals surface area contributed by atoms with E-state index in [9.17, 15) is 25.2 Å². The Hall–Kier alpha value is -2.45. The van der Waals surface area contributed by atoms with Crippen molar-refractivity contribution in [2.45, 2.75) is 18.4 Å². The molecule has 0 aliphatic carbocycles. The topological polar surface area (TPSA) is 114 Å². The summed E-state index contributed by atoms with van der Waals surface area (Å²) >= 11 is 6.22. The molecule has 4 rings (SSSR count). The molecule has 30 heavy (non-hydrogen) atoms. The molecule has 1 aliphatic heterocycles. The number of phenols is 3. The van der Waals surface area contributed by atoms with E-state index in [2.05, 4.69) is 0 Å². The summed E-state index contributed by atoms with van der Waals surface area (Å²) in [5.74, 6) is -0.858. The minimum atomic E-state index is -0.508. The molecule has 1 fully saturated rings. The molecule has 9 heteroatoms. The number of hydrogen-bond acceptors (Lipinski definition) is 7. The van der Waals surface area contributed by atoms with Crippen molar-refractivity contribution in [3.8, 4) is 28.6 Å². The fourth-order valence-electron chi connectivity index (χ4n) is 4.13. The first-order valence-corrected chi connectivity index (χ1v) is 9.52. The van der Waals surface area contributed by atoms with Gasteiger partial charge in [-0.3, -0.25) is 4.79 Å². The molecule has 0 spiro atoms. The zero-order valence-electron chi connectivity index (χ0n) is 16.0. The van der Waals surface area contributed by atoms with Gasteiger partial charge >= 0.3 is 0 Å². The molecular weight excluding hydrogens is 433 g/mol. The second kappa shape index (κ2) is 8.35. The van der Waals surface area contributed by atoms with Crippen molar-refractivity contribution < 1.29 is 24.8 Å². The minimum absolute atomic E-state index is 0. The molecule has 2 atom stereocenters. The van der Waals surface area contributed by atoms with Crippen LogP contribution in [0.4, 0.5) is 0 Å². The molecule has 0 saturated carbocycles. The lowest BCUT2D eigenvalue weighted by Gasteiger charge is -2.24. The second-order valence-electron chi connectivity index (χ2n) is 7.30. The number of phenolic OH excluding ortho intramolecular Hbond substituents is 3. The van der Waals surface area contributed by atoms with Crippen molar-refractivity contribution in [3.05, 3.63) is 51.1 Å². The maximum absolute atomic E-state index is 12.8. The zero-order valence-corrected chi connectivity index (χ0v) is 17.6. The van der Waals surface area contributed by atoms with Crippen LogP contribution in [0.1, 0.15) is 17.9 Å². The van der Waals surface area contributed by atoms with E-state index in [0.29, 0.717) is 24.1 Å². The average molecular weight is 454 g/mol. The average Bonchev–Trinajstić information content (AvgIpc) is 3.03. The van der Waals surface area contributed by atoms with Gasteiger partial charge in [0.25, 0.3) is 0 Å².